The Morgan fingerprint density at radius 2 is 1.96 bits per heavy atom. The Morgan fingerprint density at radius 3 is 2.65 bits per heavy atom. The van der Waals surface area contributed by atoms with Crippen LogP contribution >= 0.6 is 34.8 Å². The Labute approximate surface area is 164 Å². The summed E-state index contributed by atoms with van der Waals surface area (Å²) in [5.41, 5.74) is 1.40. The van der Waals surface area contributed by atoms with E-state index in [4.69, 9.17) is 34.8 Å². The van der Waals surface area contributed by atoms with Gasteiger partial charge in [-0.1, -0.05) is 53.0 Å². The Bertz CT molecular complexity index is 961. The maximum Gasteiger partial charge on any atom is 0.293 e. The third-order valence-electron chi connectivity index (χ3n) is 5.02. The van der Waals surface area contributed by atoms with Gasteiger partial charge in [0.05, 0.1) is 22.2 Å². The summed E-state index contributed by atoms with van der Waals surface area (Å²) in [7, 11) is 0. The Hall–Kier alpha value is -1.95. The van der Waals surface area contributed by atoms with Gasteiger partial charge < -0.3 is 10.4 Å². The first kappa shape index (κ1) is 17.5. The molecule has 134 valence electrons. The number of phenols is 1. The minimum absolute atomic E-state index is 0.0118. The minimum Gasteiger partial charge on any atom is -0.506 e. The molecule has 2 aliphatic rings. The molecule has 8 heteroatoms. The molecule has 1 aliphatic heterocycles. The molecule has 0 unspecified atom stereocenters. The monoisotopic (exact) mass is 410 g/mol. The van der Waals surface area contributed by atoms with Crippen LogP contribution in [0.1, 0.15) is 29.5 Å². The van der Waals surface area contributed by atoms with Crippen LogP contribution in [0.2, 0.25) is 15.1 Å². The molecule has 0 radical (unpaired) electrons. The molecule has 26 heavy (non-hydrogen) atoms. The molecule has 2 aromatic carbocycles. The molecular formula is C18H13Cl3N2O3. The average Bonchev–Trinajstić information content (AvgIpc) is 3.04. The topological polar surface area (TPSA) is 75.4 Å². The van der Waals surface area contributed by atoms with Crippen LogP contribution in [0.15, 0.2) is 36.4 Å². The first-order valence-corrected chi connectivity index (χ1v) is 9.09. The quantitative estimate of drug-likeness (QED) is 0.271. The number of aromatic hydroxyl groups is 1. The van der Waals surface area contributed by atoms with Gasteiger partial charge in [-0.05, 0) is 30.0 Å². The summed E-state index contributed by atoms with van der Waals surface area (Å²) in [5, 5.41) is 26.2. The number of nitro benzene ring substituents is 1. The van der Waals surface area contributed by atoms with E-state index in [1.54, 1.807) is 12.1 Å². The largest absolute Gasteiger partial charge is 0.506 e. The maximum atomic E-state index is 11.6. The molecule has 2 aromatic rings. The zero-order valence-electron chi connectivity index (χ0n) is 13.2. The van der Waals surface area contributed by atoms with E-state index in [0.29, 0.717) is 21.3 Å². The number of anilines is 1. The summed E-state index contributed by atoms with van der Waals surface area (Å²) in [6, 6.07) is 6.23. The van der Waals surface area contributed by atoms with Crippen LogP contribution in [-0.4, -0.2) is 10.0 Å². The molecule has 0 saturated carbocycles. The van der Waals surface area contributed by atoms with Crippen molar-refractivity contribution in [1.29, 1.82) is 0 Å². The van der Waals surface area contributed by atoms with Crippen molar-refractivity contribution in [1.82, 2.24) is 0 Å². The Morgan fingerprint density at radius 1 is 1.19 bits per heavy atom. The van der Waals surface area contributed by atoms with Crippen LogP contribution in [0.4, 0.5) is 11.4 Å². The fourth-order valence-corrected chi connectivity index (χ4v) is 4.76. The number of allylic oxidation sites excluding steroid dienone is 2. The molecule has 1 heterocycles. The summed E-state index contributed by atoms with van der Waals surface area (Å²) in [6.45, 7) is 0. The van der Waals surface area contributed by atoms with Crippen molar-refractivity contribution >= 4 is 46.2 Å². The molecule has 0 bridgehead atoms. The predicted octanol–water partition coefficient (Wildman–Crippen LogP) is 6.09. The first-order valence-electron chi connectivity index (χ1n) is 7.96. The predicted molar refractivity (Wildman–Crippen MR) is 103 cm³/mol. The molecule has 2 N–H and O–H groups in total. The van der Waals surface area contributed by atoms with Gasteiger partial charge in [-0.2, -0.15) is 0 Å². The fourth-order valence-electron chi connectivity index (χ4n) is 3.96. The van der Waals surface area contributed by atoms with Gasteiger partial charge in [-0.25, -0.2) is 0 Å². The first-order chi connectivity index (χ1) is 12.4. The zero-order chi connectivity index (χ0) is 18.6. The van der Waals surface area contributed by atoms with E-state index in [-0.39, 0.29) is 34.3 Å². The van der Waals surface area contributed by atoms with Crippen molar-refractivity contribution in [3.8, 4) is 5.75 Å². The van der Waals surface area contributed by atoms with Crippen molar-refractivity contribution in [2.75, 3.05) is 5.32 Å². The van der Waals surface area contributed by atoms with E-state index < -0.39 is 4.92 Å². The van der Waals surface area contributed by atoms with Gasteiger partial charge in [-0.15, -0.1) is 0 Å². The summed E-state index contributed by atoms with van der Waals surface area (Å²) < 4.78 is 0. The molecule has 1 aliphatic carbocycles. The van der Waals surface area contributed by atoms with Gasteiger partial charge in [0.15, 0.2) is 0 Å². The number of hydrogen-bond donors (Lipinski definition) is 2. The summed E-state index contributed by atoms with van der Waals surface area (Å²) in [5.74, 6) is -0.352. The second-order valence-electron chi connectivity index (χ2n) is 6.41. The van der Waals surface area contributed by atoms with Crippen LogP contribution < -0.4 is 5.32 Å². The van der Waals surface area contributed by atoms with E-state index in [2.05, 4.69) is 5.32 Å². The van der Waals surface area contributed by atoms with Crippen LogP contribution in [0.5, 0.6) is 5.75 Å². The van der Waals surface area contributed by atoms with Crippen LogP contribution in [0.25, 0.3) is 0 Å². The SMILES string of the molecule is O=[N+]([O-])c1c(Cl)cc(O)c2c1[C@H]1C=CC[C@H]1[C@H](c1ccc(Cl)cc1Cl)N2. The van der Waals surface area contributed by atoms with Gasteiger partial charge in [0, 0.05) is 22.0 Å². The van der Waals surface area contributed by atoms with E-state index >= 15 is 0 Å². The number of benzene rings is 2. The van der Waals surface area contributed by atoms with E-state index in [1.807, 2.05) is 18.2 Å². The number of halogens is 3. The van der Waals surface area contributed by atoms with Gasteiger partial charge >= 0.3 is 0 Å². The number of nitrogens with zero attached hydrogens (tertiary/aromatic N) is 1. The highest BCUT2D eigenvalue weighted by atomic mass is 35.5. The van der Waals surface area contributed by atoms with Crippen LogP contribution in [0, 0.1) is 16.0 Å². The third kappa shape index (κ3) is 2.62. The highest BCUT2D eigenvalue weighted by Gasteiger charge is 2.44. The molecule has 0 spiro atoms. The van der Waals surface area contributed by atoms with Gasteiger partial charge in [0.25, 0.3) is 5.69 Å². The molecule has 0 fully saturated rings. The van der Waals surface area contributed by atoms with Gasteiger partial charge in [0.1, 0.15) is 10.8 Å². The van der Waals surface area contributed by atoms with E-state index in [1.165, 1.54) is 6.07 Å². The van der Waals surface area contributed by atoms with E-state index in [9.17, 15) is 15.2 Å². The molecule has 0 saturated heterocycles. The minimum atomic E-state index is -0.499. The maximum absolute atomic E-state index is 11.6. The second-order valence-corrected chi connectivity index (χ2v) is 7.66. The lowest BCUT2D eigenvalue weighted by molar-refractivity contribution is -0.385. The Kier molecular flexibility index (Phi) is 4.26. The van der Waals surface area contributed by atoms with Gasteiger partial charge in [0.2, 0.25) is 0 Å². The average molecular weight is 412 g/mol. The summed E-state index contributed by atoms with van der Waals surface area (Å²) >= 11 is 18.4. The number of phenolic OH excluding ortho intramolecular Hbond substituents is 1. The summed E-state index contributed by atoms with van der Waals surface area (Å²) in [6.07, 6.45) is 4.65. The molecular weight excluding hydrogens is 399 g/mol. The van der Waals surface area contributed by atoms with E-state index in [0.717, 1.165) is 12.0 Å². The third-order valence-corrected chi connectivity index (χ3v) is 5.88. The molecule has 4 rings (SSSR count). The lowest BCUT2D eigenvalue weighted by Gasteiger charge is -2.37. The molecule has 0 aromatic heterocycles. The number of nitro groups is 1. The van der Waals surface area contributed by atoms with Crippen molar-refractivity contribution < 1.29 is 10.0 Å². The normalized spacial score (nSPS) is 23.3. The zero-order valence-corrected chi connectivity index (χ0v) is 15.5. The molecule has 0 amide bonds. The smallest absolute Gasteiger partial charge is 0.293 e. The second kappa shape index (κ2) is 6.34. The summed E-state index contributed by atoms with van der Waals surface area (Å²) in [4.78, 5) is 11.1. The lowest BCUT2D eigenvalue weighted by Crippen LogP contribution is -2.30. The number of fused-ring (bicyclic) bond motifs is 3. The number of hydrogen-bond acceptors (Lipinski definition) is 4. The fraction of sp³-hybridized carbons (Fsp3) is 0.222. The number of rotatable bonds is 2. The van der Waals surface area contributed by atoms with Crippen molar-refractivity contribution in [3.05, 3.63) is 72.7 Å². The van der Waals surface area contributed by atoms with Crippen LogP contribution in [-0.2, 0) is 0 Å². The number of nitrogens with one attached hydrogen (secondary N) is 1. The highest BCUT2D eigenvalue weighted by molar-refractivity contribution is 6.35. The van der Waals surface area contributed by atoms with Crippen molar-refractivity contribution in [3.63, 3.8) is 0 Å². The molecule has 3 atom stereocenters. The van der Waals surface area contributed by atoms with Crippen molar-refractivity contribution in [2.45, 2.75) is 18.4 Å². The highest BCUT2D eigenvalue weighted by Crippen LogP contribution is 2.56. The molecule has 5 nitrogen and oxygen atoms in total. The standard InChI is InChI=1S/C18H13Cl3N2O3/c19-8-4-5-11(12(20)6-8)16-10-3-1-2-9(10)15-17(22-16)14(24)7-13(21)18(15)23(25)26/h1-2,4-7,9-10,16,22,24H,3H2/t9-,10+,16+/m0/s1. The van der Waals surface area contributed by atoms with Crippen molar-refractivity contribution in [2.24, 2.45) is 5.92 Å². The van der Waals surface area contributed by atoms with Crippen LogP contribution in [0.3, 0.4) is 0 Å². The Balaban J connectivity index is 1.91. The van der Waals surface area contributed by atoms with Gasteiger partial charge in [-0.3, -0.25) is 10.1 Å². The lowest BCUT2D eigenvalue weighted by atomic mass is 9.76.